The largest absolute Gasteiger partial charge is 0.475 e. The first-order valence-corrected chi connectivity index (χ1v) is 6.08. The molecule has 1 aromatic carbocycles. The molecule has 0 fully saturated rings. The molecule has 0 saturated carbocycles. The van der Waals surface area contributed by atoms with Crippen LogP contribution in [0.25, 0.3) is 0 Å². The van der Waals surface area contributed by atoms with Crippen molar-refractivity contribution in [3.63, 3.8) is 0 Å². The van der Waals surface area contributed by atoms with E-state index < -0.39 is 5.97 Å². The van der Waals surface area contributed by atoms with Crippen LogP contribution in [0.5, 0.6) is 0 Å². The molecule has 0 atom stereocenters. The van der Waals surface area contributed by atoms with Crippen LogP contribution in [-0.4, -0.2) is 18.1 Å². The molecule has 100 valence electrons. The summed E-state index contributed by atoms with van der Waals surface area (Å²) in [5.74, 6) is -0.394. The highest BCUT2D eigenvalue weighted by atomic mass is 16.4. The van der Waals surface area contributed by atoms with Crippen LogP contribution in [-0.2, 0) is 6.54 Å². The van der Waals surface area contributed by atoms with Gasteiger partial charge in [-0.25, -0.2) is 4.79 Å². The Balaban J connectivity index is 2.19. The van der Waals surface area contributed by atoms with Crippen molar-refractivity contribution in [3.05, 3.63) is 53.0 Å². The van der Waals surface area contributed by atoms with Crippen molar-refractivity contribution in [2.45, 2.75) is 20.4 Å². The Hall–Kier alpha value is -2.23. The molecule has 19 heavy (non-hydrogen) atoms. The number of aromatic carboxylic acids is 1. The van der Waals surface area contributed by atoms with Gasteiger partial charge in [-0.15, -0.1) is 0 Å². The van der Waals surface area contributed by atoms with Crippen molar-refractivity contribution in [1.82, 2.24) is 0 Å². The molecule has 0 aliphatic heterocycles. The number of carboxylic acids is 1. The Labute approximate surface area is 112 Å². The normalized spacial score (nSPS) is 10.5. The standard InChI is InChI=1S/C15H17NO3/c1-10-5-4-6-13(7-10)16(3)9-12-8-14(15(17)18)19-11(12)2/h4-8H,9H2,1-3H3,(H,17,18). The third-order valence-corrected chi connectivity index (χ3v) is 3.08. The molecule has 0 aliphatic rings. The van der Waals surface area contributed by atoms with E-state index in [-0.39, 0.29) is 5.76 Å². The average molecular weight is 259 g/mol. The predicted molar refractivity (Wildman–Crippen MR) is 73.7 cm³/mol. The van der Waals surface area contributed by atoms with Crippen LogP contribution >= 0.6 is 0 Å². The molecule has 2 rings (SSSR count). The van der Waals surface area contributed by atoms with Crippen molar-refractivity contribution >= 4 is 11.7 Å². The van der Waals surface area contributed by atoms with Gasteiger partial charge in [0, 0.05) is 24.8 Å². The maximum Gasteiger partial charge on any atom is 0.371 e. The number of hydrogen-bond donors (Lipinski definition) is 1. The van der Waals surface area contributed by atoms with Crippen molar-refractivity contribution < 1.29 is 14.3 Å². The Morgan fingerprint density at radius 2 is 2.05 bits per heavy atom. The van der Waals surface area contributed by atoms with Gasteiger partial charge in [0.1, 0.15) is 5.76 Å². The van der Waals surface area contributed by atoms with E-state index in [1.165, 1.54) is 5.56 Å². The third kappa shape index (κ3) is 2.96. The molecule has 0 aliphatic carbocycles. The van der Waals surface area contributed by atoms with Gasteiger partial charge in [-0.05, 0) is 37.6 Å². The highest BCUT2D eigenvalue weighted by Crippen LogP contribution is 2.21. The second-order valence-electron chi connectivity index (χ2n) is 4.69. The maximum atomic E-state index is 10.9. The summed E-state index contributed by atoms with van der Waals surface area (Å²) in [6.45, 7) is 4.45. The van der Waals surface area contributed by atoms with E-state index in [4.69, 9.17) is 9.52 Å². The first-order chi connectivity index (χ1) is 8.97. The van der Waals surface area contributed by atoms with Gasteiger partial charge in [0.2, 0.25) is 5.76 Å². The van der Waals surface area contributed by atoms with Crippen molar-refractivity contribution in [2.75, 3.05) is 11.9 Å². The summed E-state index contributed by atoms with van der Waals surface area (Å²) >= 11 is 0. The topological polar surface area (TPSA) is 53.7 Å². The molecule has 1 heterocycles. The minimum atomic E-state index is -1.03. The first-order valence-electron chi connectivity index (χ1n) is 6.08. The lowest BCUT2D eigenvalue weighted by Gasteiger charge is -2.19. The third-order valence-electron chi connectivity index (χ3n) is 3.08. The van der Waals surface area contributed by atoms with Crippen LogP contribution in [0.1, 0.15) is 27.4 Å². The molecule has 0 radical (unpaired) electrons. The van der Waals surface area contributed by atoms with Gasteiger partial charge in [0.15, 0.2) is 0 Å². The minimum Gasteiger partial charge on any atom is -0.475 e. The van der Waals surface area contributed by atoms with Gasteiger partial charge in [0.25, 0.3) is 0 Å². The van der Waals surface area contributed by atoms with Crippen LogP contribution in [0, 0.1) is 13.8 Å². The average Bonchev–Trinajstić information content (AvgIpc) is 2.71. The molecule has 0 bridgehead atoms. The summed E-state index contributed by atoms with van der Waals surface area (Å²) in [4.78, 5) is 12.9. The molecule has 0 spiro atoms. The fourth-order valence-electron chi connectivity index (χ4n) is 1.99. The molecule has 1 N–H and O–H groups in total. The van der Waals surface area contributed by atoms with Gasteiger partial charge in [-0.2, -0.15) is 0 Å². The van der Waals surface area contributed by atoms with E-state index >= 15 is 0 Å². The molecule has 0 saturated heterocycles. The van der Waals surface area contributed by atoms with E-state index in [0.29, 0.717) is 12.3 Å². The summed E-state index contributed by atoms with van der Waals surface area (Å²) in [6.07, 6.45) is 0. The lowest BCUT2D eigenvalue weighted by atomic mass is 10.2. The molecule has 1 aromatic heterocycles. The Kier molecular flexibility index (Phi) is 3.60. The molecule has 2 aromatic rings. The lowest BCUT2D eigenvalue weighted by Crippen LogP contribution is -2.16. The van der Waals surface area contributed by atoms with E-state index in [1.54, 1.807) is 13.0 Å². The fourth-order valence-corrected chi connectivity index (χ4v) is 1.99. The van der Waals surface area contributed by atoms with Crippen LogP contribution in [0.3, 0.4) is 0 Å². The quantitative estimate of drug-likeness (QED) is 0.915. The van der Waals surface area contributed by atoms with Crippen LogP contribution < -0.4 is 4.90 Å². The van der Waals surface area contributed by atoms with Crippen LogP contribution in [0.4, 0.5) is 5.69 Å². The van der Waals surface area contributed by atoms with E-state index in [1.807, 2.05) is 32.2 Å². The zero-order valence-corrected chi connectivity index (χ0v) is 11.3. The zero-order valence-electron chi connectivity index (χ0n) is 11.3. The number of benzene rings is 1. The number of rotatable bonds is 4. The van der Waals surface area contributed by atoms with E-state index in [9.17, 15) is 4.79 Å². The highest BCUT2D eigenvalue weighted by Gasteiger charge is 2.14. The Bertz CT molecular complexity index is 601. The fraction of sp³-hybridized carbons (Fsp3) is 0.267. The van der Waals surface area contributed by atoms with Crippen LogP contribution in [0.2, 0.25) is 0 Å². The van der Waals surface area contributed by atoms with Gasteiger partial charge < -0.3 is 14.4 Å². The first kappa shape index (κ1) is 13.2. The Morgan fingerprint density at radius 1 is 1.32 bits per heavy atom. The summed E-state index contributed by atoms with van der Waals surface area (Å²) in [6, 6.07) is 9.76. The number of aryl methyl sites for hydroxylation is 2. The monoisotopic (exact) mass is 259 g/mol. The smallest absolute Gasteiger partial charge is 0.371 e. The van der Waals surface area contributed by atoms with Gasteiger partial charge >= 0.3 is 5.97 Å². The number of carboxylic acid groups (broad SMARTS) is 1. The maximum absolute atomic E-state index is 10.9. The molecular weight excluding hydrogens is 242 g/mol. The molecule has 0 amide bonds. The predicted octanol–water partition coefficient (Wildman–Crippen LogP) is 3.23. The number of hydrogen-bond acceptors (Lipinski definition) is 3. The van der Waals surface area contributed by atoms with Crippen LogP contribution in [0.15, 0.2) is 34.7 Å². The van der Waals surface area contributed by atoms with E-state index in [2.05, 4.69) is 11.0 Å². The van der Waals surface area contributed by atoms with E-state index in [0.717, 1.165) is 11.3 Å². The summed E-state index contributed by atoms with van der Waals surface area (Å²) < 4.78 is 5.21. The van der Waals surface area contributed by atoms with Crippen molar-refractivity contribution in [1.29, 1.82) is 0 Å². The van der Waals surface area contributed by atoms with Crippen molar-refractivity contribution in [2.24, 2.45) is 0 Å². The number of nitrogens with zero attached hydrogens (tertiary/aromatic N) is 1. The zero-order chi connectivity index (χ0) is 14.0. The number of carbonyl (C=O) groups is 1. The number of furan rings is 1. The summed E-state index contributed by atoms with van der Waals surface area (Å²) in [5, 5.41) is 8.90. The molecular formula is C15H17NO3. The number of anilines is 1. The van der Waals surface area contributed by atoms with Gasteiger partial charge in [-0.3, -0.25) is 0 Å². The summed E-state index contributed by atoms with van der Waals surface area (Å²) in [5.41, 5.74) is 3.18. The molecule has 4 nitrogen and oxygen atoms in total. The lowest BCUT2D eigenvalue weighted by molar-refractivity contribution is 0.0661. The molecule has 0 unspecified atom stereocenters. The second-order valence-corrected chi connectivity index (χ2v) is 4.69. The van der Waals surface area contributed by atoms with Gasteiger partial charge in [-0.1, -0.05) is 12.1 Å². The SMILES string of the molecule is Cc1cccc(N(C)Cc2cc(C(=O)O)oc2C)c1. The minimum absolute atomic E-state index is 0.00913. The Morgan fingerprint density at radius 3 is 2.63 bits per heavy atom. The van der Waals surface area contributed by atoms with Gasteiger partial charge in [0.05, 0.1) is 0 Å². The highest BCUT2D eigenvalue weighted by molar-refractivity contribution is 5.84. The summed E-state index contributed by atoms with van der Waals surface area (Å²) in [7, 11) is 1.97. The second kappa shape index (κ2) is 5.18. The molecule has 4 heteroatoms. The van der Waals surface area contributed by atoms with Crippen molar-refractivity contribution in [3.8, 4) is 0 Å².